The fourth-order valence-electron chi connectivity index (χ4n) is 5.40. The number of nitrogens with zero attached hydrogens (tertiary/aromatic N) is 1. The molecule has 1 aromatic carbocycles. The van der Waals surface area contributed by atoms with E-state index in [2.05, 4.69) is 4.90 Å². The molecule has 1 saturated heterocycles. The van der Waals surface area contributed by atoms with Crippen molar-refractivity contribution in [1.82, 2.24) is 4.90 Å². The second kappa shape index (κ2) is 11.3. The van der Waals surface area contributed by atoms with E-state index in [0.29, 0.717) is 19.3 Å². The van der Waals surface area contributed by atoms with Crippen LogP contribution in [0.25, 0.3) is 0 Å². The molecule has 3 rings (SSSR count). The molecule has 1 aliphatic carbocycles. The topological polar surface area (TPSA) is 60.8 Å². The van der Waals surface area contributed by atoms with Gasteiger partial charge in [-0.05, 0) is 57.3 Å². The van der Waals surface area contributed by atoms with Crippen molar-refractivity contribution < 1.29 is 15.0 Å². The van der Waals surface area contributed by atoms with Gasteiger partial charge in [0, 0.05) is 0 Å². The number of hydrogen-bond acceptors (Lipinski definition) is 3. The number of carboxylic acids is 1. The maximum absolute atomic E-state index is 12.9. The average Bonchev–Trinajstić information content (AvgIpc) is 2.89. The molecule has 5 heteroatoms. The molecule has 4 nitrogen and oxygen atoms in total. The lowest BCUT2D eigenvalue weighted by Gasteiger charge is -2.45. The molecule has 0 aromatic heterocycles. The van der Waals surface area contributed by atoms with Crippen molar-refractivity contribution in [3.8, 4) is 0 Å². The largest absolute Gasteiger partial charge is 0.480 e. The number of hydrogen-bond donors (Lipinski definition) is 2. The quantitative estimate of drug-likeness (QED) is 0.619. The fourth-order valence-corrected chi connectivity index (χ4v) is 5.40. The van der Waals surface area contributed by atoms with Gasteiger partial charge in [-0.3, -0.25) is 4.79 Å². The SMILES string of the molecule is Cl.O=C(O)C(CCN1CCCCCCC1)(c1ccccc1)C1(O)CCCCCC1. The van der Waals surface area contributed by atoms with Gasteiger partial charge < -0.3 is 15.1 Å². The van der Waals surface area contributed by atoms with Crippen molar-refractivity contribution in [2.75, 3.05) is 19.6 Å². The van der Waals surface area contributed by atoms with Gasteiger partial charge in [0.1, 0.15) is 5.41 Å². The lowest BCUT2D eigenvalue weighted by atomic mass is 9.62. The van der Waals surface area contributed by atoms with Crippen LogP contribution in [0.4, 0.5) is 0 Å². The Kier molecular flexibility index (Phi) is 9.45. The Morgan fingerprint density at radius 1 is 0.897 bits per heavy atom. The Hall–Kier alpha value is -1.10. The number of carboxylic acid groups (broad SMARTS) is 1. The summed E-state index contributed by atoms with van der Waals surface area (Å²) in [6.07, 6.45) is 11.8. The summed E-state index contributed by atoms with van der Waals surface area (Å²) in [6.45, 7) is 2.83. The smallest absolute Gasteiger partial charge is 0.317 e. The van der Waals surface area contributed by atoms with Crippen LogP contribution in [0.3, 0.4) is 0 Å². The van der Waals surface area contributed by atoms with Crippen molar-refractivity contribution in [3.63, 3.8) is 0 Å². The van der Waals surface area contributed by atoms with Gasteiger partial charge in [0.05, 0.1) is 5.60 Å². The van der Waals surface area contributed by atoms with Crippen LogP contribution in [0.15, 0.2) is 30.3 Å². The zero-order valence-electron chi connectivity index (χ0n) is 17.7. The molecule has 164 valence electrons. The molecule has 1 aliphatic heterocycles. The third-order valence-electron chi connectivity index (χ3n) is 7.11. The molecule has 1 heterocycles. The van der Waals surface area contributed by atoms with Crippen LogP contribution >= 0.6 is 12.4 Å². The summed E-state index contributed by atoms with van der Waals surface area (Å²) in [5.74, 6) is -0.866. The minimum atomic E-state index is -1.24. The molecule has 2 aliphatic rings. The van der Waals surface area contributed by atoms with Gasteiger partial charge >= 0.3 is 5.97 Å². The molecule has 0 radical (unpaired) electrons. The lowest BCUT2D eigenvalue weighted by molar-refractivity contribution is -0.160. The van der Waals surface area contributed by atoms with Crippen LogP contribution in [0.1, 0.15) is 82.6 Å². The molecule has 0 amide bonds. The highest BCUT2D eigenvalue weighted by Gasteiger charge is 2.56. The molecule has 29 heavy (non-hydrogen) atoms. The van der Waals surface area contributed by atoms with Crippen LogP contribution < -0.4 is 0 Å². The van der Waals surface area contributed by atoms with E-state index < -0.39 is 17.0 Å². The number of carbonyl (C=O) groups is 1. The van der Waals surface area contributed by atoms with Crippen LogP contribution in [-0.2, 0) is 10.2 Å². The first-order valence-corrected chi connectivity index (χ1v) is 11.3. The van der Waals surface area contributed by atoms with Crippen LogP contribution in [0, 0.1) is 0 Å². The highest BCUT2D eigenvalue weighted by molar-refractivity contribution is 5.85. The van der Waals surface area contributed by atoms with E-state index in [0.717, 1.165) is 50.9 Å². The Morgan fingerprint density at radius 3 is 1.97 bits per heavy atom. The predicted octanol–water partition coefficient (Wildman–Crippen LogP) is 5.17. The molecule has 1 unspecified atom stereocenters. The molecule has 1 atom stereocenters. The molecule has 2 N–H and O–H groups in total. The van der Waals surface area contributed by atoms with E-state index >= 15 is 0 Å². The molecular formula is C24H38ClNO3. The predicted molar refractivity (Wildman–Crippen MR) is 120 cm³/mol. The van der Waals surface area contributed by atoms with Crippen LogP contribution in [0.2, 0.25) is 0 Å². The maximum atomic E-state index is 12.9. The fraction of sp³-hybridized carbons (Fsp3) is 0.708. The average molecular weight is 424 g/mol. The maximum Gasteiger partial charge on any atom is 0.317 e. The standard InChI is InChI=1S/C24H37NO3.ClH/c26-22(27)24(21-13-7-6-8-14-21,23(28)15-9-2-3-10-16-23)17-20-25-18-11-4-1-5-12-19-25;/h6-8,13-14,28H,1-5,9-12,15-20H2,(H,26,27);1H. The van der Waals surface area contributed by atoms with E-state index in [1.54, 1.807) is 0 Å². The first-order chi connectivity index (χ1) is 13.6. The monoisotopic (exact) mass is 423 g/mol. The second-order valence-corrected chi connectivity index (χ2v) is 8.88. The lowest BCUT2D eigenvalue weighted by Crippen LogP contribution is -2.58. The van der Waals surface area contributed by atoms with Crippen molar-refractivity contribution in [2.24, 2.45) is 0 Å². The summed E-state index contributed by atoms with van der Waals surface area (Å²) in [5, 5.41) is 22.4. The Balaban J connectivity index is 0.00000300. The van der Waals surface area contributed by atoms with E-state index in [9.17, 15) is 15.0 Å². The summed E-state index contributed by atoms with van der Waals surface area (Å²) in [6, 6.07) is 9.55. The van der Waals surface area contributed by atoms with E-state index in [4.69, 9.17) is 0 Å². The Morgan fingerprint density at radius 2 is 1.41 bits per heavy atom. The second-order valence-electron chi connectivity index (χ2n) is 8.88. The first kappa shape index (κ1) is 24.2. The Bertz CT molecular complexity index is 608. The number of rotatable bonds is 6. The first-order valence-electron chi connectivity index (χ1n) is 11.3. The summed E-state index contributed by atoms with van der Waals surface area (Å²) in [7, 11) is 0. The molecule has 0 spiro atoms. The van der Waals surface area contributed by atoms with Crippen molar-refractivity contribution in [2.45, 2.75) is 88.1 Å². The van der Waals surface area contributed by atoms with E-state index in [1.165, 1.54) is 32.1 Å². The normalized spacial score (nSPS) is 22.9. The summed E-state index contributed by atoms with van der Waals surface area (Å²) < 4.78 is 0. The third-order valence-corrected chi connectivity index (χ3v) is 7.11. The van der Waals surface area contributed by atoms with Crippen molar-refractivity contribution >= 4 is 18.4 Å². The minimum absolute atomic E-state index is 0. The number of aliphatic hydroxyl groups is 1. The van der Waals surface area contributed by atoms with Crippen LogP contribution in [0.5, 0.6) is 0 Å². The van der Waals surface area contributed by atoms with Gasteiger partial charge in [0.15, 0.2) is 0 Å². The van der Waals surface area contributed by atoms with Gasteiger partial charge in [-0.1, -0.05) is 75.3 Å². The van der Waals surface area contributed by atoms with E-state index in [-0.39, 0.29) is 12.4 Å². The van der Waals surface area contributed by atoms with Crippen molar-refractivity contribution in [1.29, 1.82) is 0 Å². The summed E-state index contributed by atoms with van der Waals surface area (Å²) in [4.78, 5) is 15.3. The highest BCUT2D eigenvalue weighted by atomic mass is 35.5. The zero-order valence-corrected chi connectivity index (χ0v) is 18.5. The van der Waals surface area contributed by atoms with Crippen LogP contribution in [-0.4, -0.2) is 46.3 Å². The number of benzene rings is 1. The van der Waals surface area contributed by atoms with Gasteiger partial charge in [-0.15, -0.1) is 12.4 Å². The molecule has 2 fully saturated rings. The van der Waals surface area contributed by atoms with Gasteiger partial charge in [0.2, 0.25) is 0 Å². The minimum Gasteiger partial charge on any atom is -0.480 e. The summed E-state index contributed by atoms with van der Waals surface area (Å²) in [5.41, 5.74) is -1.65. The summed E-state index contributed by atoms with van der Waals surface area (Å²) >= 11 is 0. The molecule has 0 bridgehead atoms. The number of halogens is 1. The highest BCUT2D eigenvalue weighted by Crippen LogP contribution is 2.46. The van der Waals surface area contributed by atoms with Crippen molar-refractivity contribution in [3.05, 3.63) is 35.9 Å². The Labute approximate surface area is 182 Å². The van der Waals surface area contributed by atoms with E-state index in [1.807, 2.05) is 30.3 Å². The molecule has 1 aromatic rings. The third kappa shape index (κ3) is 5.53. The molecule has 1 saturated carbocycles. The van der Waals surface area contributed by atoms with Gasteiger partial charge in [-0.2, -0.15) is 0 Å². The molecular weight excluding hydrogens is 386 g/mol. The van der Waals surface area contributed by atoms with Gasteiger partial charge in [0.25, 0.3) is 0 Å². The number of likely N-dealkylation sites (tertiary alicyclic amines) is 1. The number of aliphatic carboxylic acids is 1. The zero-order chi connectivity index (χ0) is 19.9. The van der Waals surface area contributed by atoms with Gasteiger partial charge in [-0.25, -0.2) is 0 Å².